The van der Waals surface area contributed by atoms with Gasteiger partial charge in [-0.05, 0) is 37.3 Å². The standard InChI is InChI=1S/C15H19N3OS/c1-2-8-19-14-6-7-16-15(18-14)17-10-12-9-11-4-3-5-13(11)20-12/h6-7,9H,2-5,8,10H2,1H3,(H,16,17,18). The van der Waals surface area contributed by atoms with Gasteiger partial charge in [0.05, 0.1) is 13.2 Å². The van der Waals surface area contributed by atoms with Crippen molar-refractivity contribution in [2.45, 2.75) is 39.2 Å². The summed E-state index contributed by atoms with van der Waals surface area (Å²) in [6.07, 6.45) is 6.51. The minimum atomic E-state index is 0.632. The number of hydrogen-bond donors (Lipinski definition) is 1. The number of anilines is 1. The minimum absolute atomic E-state index is 0.632. The molecule has 20 heavy (non-hydrogen) atoms. The summed E-state index contributed by atoms with van der Waals surface area (Å²) < 4.78 is 5.51. The molecule has 0 saturated carbocycles. The summed E-state index contributed by atoms with van der Waals surface area (Å²) in [7, 11) is 0. The molecule has 0 saturated heterocycles. The highest BCUT2D eigenvalue weighted by atomic mass is 32.1. The maximum absolute atomic E-state index is 5.51. The highest BCUT2D eigenvalue weighted by Gasteiger charge is 2.14. The summed E-state index contributed by atoms with van der Waals surface area (Å²) in [5.74, 6) is 1.27. The van der Waals surface area contributed by atoms with E-state index in [2.05, 4.69) is 28.3 Å². The largest absolute Gasteiger partial charge is 0.478 e. The maximum Gasteiger partial charge on any atom is 0.226 e. The van der Waals surface area contributed by atoms with E-state index in [-0.39, 0.29) is 0 Å². The summed E-state index contributed by atoms with van der Waals surface area (Å²) in [6.45, 7) is 3.55. The first kappa shape index (κ1) is 13.4. The Kier molecular flexibility index (Phi) is 4.16. The van der Waals surface area contributed by atoms with E-state index in [4.69, 9.17) is 4.74 Å². The van der Waals surface area contributed by atoms with E-state index < -0.39 is 0 Å². The second kappa shape index (κ2) is 6.22. The molecular weight excluding hydrogens is 270 g/mol. The lowest BCUT2D eigenvalue weighted by atomic mass is 10.2. The summed E-state index contributed by atoms with van der Waals surface area (Å²) in [6, 6.07) is 4.11. The third-order valence-electron chi connectivity index (χ3n) is 3.30. The van der Waals surface area contributed by atoms with Gasteiger partial charge in [-0.25, -0.2) is 4.98 Å². The Balaban J connectivity index is 1.59. The van der Waals surface area contributed by atoms with Crippen LogP contribution in [0.2, 0.25) is 0 Å². The quantitative estimate of drug-likeness (QED) is 0.885. The first-order valence-corrected chi connectivity index (χ1v) is 7.97. The van der Waals surface area contributed by atoms with Crippen LogP contribution in [0.25, 0.3) is 0 Å². The lowest BCUT2D eigenvalue weighted by Crippen LogP contribution is -2.04. The van der Waals surface area contributed by atoms with Gasteiger partial charge in [0, 0.05) is 22.0 Å². The van der Waals surface area contributed by atoms with Gasteiger partial charge in [0.15, 0.2) is 0 Å². The normalized spacial score (nSPS) is 13.2. The molecule has 0 aliphatic heterocycles. The van der Waals surface area contributed by atoms with Crippen molar-refractivity contribution in [3.63, 3.8) is 0 Å². The molecule has 5 heteroatoms. The molecule has 2 heterocycles. The van der Waals surface area contributed by atoms with Gasteiger partial charge in [0.2, 0.25) is 11.8 Å². The smallest absolute Gasteiger partial charge is 0.226 e. The van der Waals surface area contributed by atoms with E-state index in [0.717, 1.165) is 13.0 Å². The van der Waals surface area contributed by atoms with E-state index in [1.165, 1.54) is 29.7 Å². The summed E-state index contributed by atoms with van der Waals surface area (Å²) in [5, 5.41) is 3.27. The van der Waals surface area contributed by atoms with Crippen molar-refractivity contribution in [3.05, 3.63) is 33.6 Å². The SMILES string of the molecule is CCCOc1ccnc(NCc2cc3c(s2)CCC3)n1. The molecule has 1 aliphatic rings. The van der Waals surface area contributed by atoms with Crippen molar-refractivity contribution in [1.82, 2.24) is 9.97 Å². The predicted octanol–water partition coefficient (Wildman–Crippen LogP) is 3.43. The van der Waals surface area contributed by atoms with Crippen LogP contribution < -0.4 is 10.1 Å². The lowest BCUT2D eigenvalue weighted by Gasteiger charge is -2.06. The molecule has 1 N–H and O–H groups in total. The van der Waals surface area contributed by atoms with Crippen LogP contribution in [0.1, 0.15) is 35.1 Å². The highest BCUT2D eigenvalue weighted by Crippen LogP contribution is 2.30. The number of nitrogens with one attached hydrogen (secondary N) is 1. The van der Waals surface area contributed by atoms with Gasteiger partial charge >= 0.3 is 0 Å². The molecule has 0 aromatic carbocycles. The summed E-state index contributed by atoms with van der Waals surface area (Å²) in [4.78, 5) is 11.5. The van der Waals surface area contributed by atoms with E-state index in [0.29, 0.717) is 18.4 Å². The molecule has 2 aromatic rings. The molecule has 4 nitrogen and oxygen atoms in total. The Hall–Kier alpha value is -1.62. The molecule has 0 spiro atoms. The van der Waals surface area contributed by atoms with Gasteiger partial charge in [0.1, 0.15) is 0 Å². The zero-order valence-corrected chi connectivity index (χ0v) is 12.5. The van der Waals surface area contributed by atoms with Crippen LogP contribution in [0.15, 0.2) is 18.3 Å². The first-order chi connectivity index (χ1) is 9.85. The third-order valence-corrected chi connectivity index (χ3v) is 4.54. The second-order valence-corrected chi connectivity index (χ2v) is 6.16. The van der Waals surface area contributed by atoms with Crippen molar-refractivity contribution >= 4 is 17.3 Å². The van der Waals surface area contributed by atoms with Gasteiger partial charge in [-0.1, -0.05) is 6.92 Å². The van der Waals surface area contributed by atoms with Crippen molar-refractivity contribution in [2.75, 3.05) is 11.9 Å². The number of ether oxygens (including phenoxy) is 1. The second-order valence-electron chi connectivity index (χ2n) is 4.94. The van der Waals surface area contributed by atoms with Gasteiger partial charge in [0.25, 0.3) is 0 Å². The third kappa shape index (κ3) is 3.10. The molecule has 0 amide bonds. The average molecular weight is 289 g/mol. The molecule has 3 rings (SSSR count). The van der Waals surface area contributed by atoms with E-state index >= 15 is 0 Å². The fraction of sp³-hybridized carbons (Fsp3) is 0.467. The Morgan fingerprint density at radius 1 is 1.40 bits per heavy atom. The van der Waals surface area contributed by atoms with E-state index in [1.807, 2.05) is 11.3 Å². The number of aryl methyl sites for hydroxylation is 2. The fourth-order valence-corrected chi connectivity index (χ4v) is 3.56. The number of rotatable bonds is 6. The number of hydrogen-bond acceptors (Lipinski definition) is 5. The molecule has 106 valence electrons. The number of nitrogens with zero attached hydrogens (tertiary/aromatic N) is 2. The molecule has 2 aromatic heterocycles. The van der Waals surface area contributed by atoms with Crippen molar-refractivity contribution < 1.29 is 4.74 Å². The van der Waals surface area contributed by atoms with Crippen molar-refractivity contribution in [2.24, 2.45) is 0 Å². The van der Waals surface area contributed by atoms with Crippen LogP contribution in [-0.4, -0.2) is 16.6 Å². The summed E-state index contributed by atoms with van der Waals surface area (Å²) >= 11 is 1.91. The summed E-state index contributed by atoms with van der Waals surface area (Å²) in [5.41, 5.74) is 1.53. The van der Waals surface area contributed by atoms with Crippen LogP contribution >= 0.6 is 11.3 Å². The Morgan fingerprint density at radius 3 is 3.20 bits per heavy atom. The van der Waals surface area contributed by atoms with Crippen molar-refractivity contribution in [3.8, 4) is 5.88 Å². The average Bonchev–Trinajstić information content (AvgIpc) is 3.04. The van der Waals surface area contributed by atoms with E-state index in [1.54, 1.807) is 17.1 Å². The fourth-order valence-electron chi connectivity index (χ4n) is 2.36. The van der Waals surface area contributed by atoms with Crippen LogP contribution in [0.4, 0.5) is 5.95 Å². The molecular formula is C15H19N3OS. The lowest BCUT2D eigenvalue weighted by molar-refractivity contribution is 0.305. The zero-order valence-electron chi connectivity index (χ0n) is 11.7. The van der Waals surface area contributed by atoms with Crippen LogP contribution in [0.5, 0.6) is 5.88 Å². The number of fused-ring (bicyclic) bond motifs is 1. The maximum atomic E-state index is 5.51. The predicted molar refractivity (Wildman–Crippen MR) is 81.5 cm³/mol. The zero-order chi connectivity index (χ0) is 13.8. The van der Waals surface area contributed by atoms with Crippen molar-refractivity contribution in [1.29, 1.82) is 0 Å². The molecule has 0 atom stereocenters. The Morgan fingerprint density at radius 2 is 2.35 bits per heavy atom. The molecule has 0 unspecified atom stereocenters. The van der Waals surface area contributed by atoms with E-state index in [9.17, 15) is 0 Å². The van der Waals surface area contributed by atoms with Gasteiger partial charge in [-0.3, -0.25) is 0 Å². The minimum Gasteiger partial charge on any atom is -0.478 e. The molecule has 0 bridgehead atoms. The van der Waals surface area contributed by atoms with Gasteiger partial charge in [-0.15, -0.1) is 11.3 Å². The highest BCUT2D eigenvalue weighted by molar-refractivity contribution is 7.12. The van der Waals surface area contributed by atoms with Gasteiger partial charge in [-0.2, -0.15) is 4.98 Å². The Labute approximate surface area is 123 Å². The van der Waals surface area contributed by atoms with Gasteiger partial charge < -0.3 is 10.1 Å². The first-order valence-electron chi connectivity index (χ1n) is 7.15. The molecule has 0 fully saturated rings. The Bertz CT molecular complexity index is 561. The van der Waals surface area contributed by atoms with Crippen LogP contribution in [0, 0.1) is 0 Å². The monoisotopic (exact) mass is 289 g/mol. The molecule has 0 radical (unpaired) electrons. The molecule has 1 aliphatic carbocycles. The van der Waals surface area contributed by atoms with Crippen LogP contribution in [0.3, 0.4) is 0 Å². The number of aromatic nitrogens is 2. The topological polar surface area (TPSA) is 47.0 Å². The number of thiophene rings is 1. The van der Waals surface area contributed by atoms with Crippen LogP contribution in [-0.2, 0) is 19.4 Å².